The third-order valence-electron chi connectivity index (χ3n) is 2.66. The van der Waals surface area contributed by atoms with E-state index >= 15 is 0 Å². The Kier molecular flexibility index (Phi) is 8.68. The number of ether oxygens (including phenoxy) is 1. The second-order valence-electron chi connectivity index (χ2n) is 4.98. The highest BCUT2D eigenvalue weighted by Crippen LogP contribution is 2.17. The van der Waals surface area contributed by atoms with Crippen LogP contribution < -0.4 is 0 Å². The SMILES string of the molecule is CC(C)CCCC(C)CC(C)OCC=O. The van der Waals surface area contributed by atoms with Crippen LogP contribution in [0.1, 0.15) is 53.4 Å². The van der Waals surface area contributed by atoms with Gasteiger partial charge in [0.1, 0.15) is 12.9 Å². The summed E-state index contributed by atoms with van der Waals surface area (Å²) in [7, 11) is 0. The van der Waals surface area contributed by atoms with Crippen LogP contribution in [0.5, 0.6) is 0 Å². The van der Waals surface area contributed by atoms with Gasteiger partial charge in [-0.2, -0.15) is 0 Å². The maximum Gasteiger partial charge on any atom is 0.145 e. The molecule has 2 heteroatoms. The summed E-state index contributed by atoms with van der Waals surface area (Å²) in [6.45, 7) is 9.07. The van der Waals surface area contributed by atoms with Crippen LogP contribution >= 0.6 is 0 Å². The topological polar surface area (TPSA) is 26.3 Å². The van der Waals surface area contributed by atoms with E-state index in [0.29, 0.717) is 5.92 Å². The fraction of sp³-hybridized carbons (Fsp3) is 0.923. The van der Waals surface area contributed by atoms with Crippen molar-refractivity contribution in [1.82, 2.24) is 0 Å². The molecule has 0 heterocycles. The summed E-state index contributed by atoms with van der Waals surface area (Å²) in [6, 6.07) is 0. The summed E-state index contributed by atoms with van der Waals surface area (Å²) in [6.07, 6.45) is 5.98. The minimum absolute atomic E-state index is 0.212. The lowest BCUT2D eigenvalue weighted by molar-refractivity contribution is -0.113. The number of carbonyl (C=O) groups is 1. The van der Waals surface area contributed by atoms with Crippen LogP contribution in [0, 0.1) is 11.8 Å². The molecule has 15 heavy (non-hydrogen) atoms. The molecule has 0 amide bonds. The van der Waals surface area contributed by atoms with Gasteiger partial charge in [0, 0.05) is 0 Å². The lowest BCUT2D eigenvalue weighted by Gasteiger charge is -2.17. The summed E-state index contributed by atoms with van der Waals surface area (Å²) < 4.78 is 5.32. The van der Waals surface area contributed by atoms with Gasteiger partial charge in [-0.15, -0.1) is 0 Å². The van der Waals surface area contributed by atoms with Gasteiger partial charge in [-0.1, -0.05) is 40.0 Å². The van der Waals surface area contributed by atoms with E-state index in [1.165, 1.54) is 19.3 Å². The number of aldehydes is 1. The van der Waals surface area contributed by atoms with Crippen LogP contribution in [0.25, 0.3) is 0 Å². The Hall–Kier alpha value is -0.370. The largest absolute Gasteiger partial charge is 0.371 e. The molecular formula is C13H26O2. The van der Waals surface area contributed by atoms with Gasteiger partial charge in [0.15, 0.2) is 0 Å². The summed E-state index contributed by atoms with van der Waals surface area (Å²) in [5.41, 5.74) is 0. The van der Waals surface area contributed by atoms with Gasteiger partial charge < -0.3 is 9.53 Å². The maximum absolute atomic E-state index is 10.1. The quantitative estimate of drug-likeness (QED) is 0.550. The third kappa shape index (κ3) is 9.92. The Balaban J connectivity index is 3.45. The number of hydrogen-bond acceptors (Lipinski definition) is 2. The smallest absolute Gasteiger partial charge is 0.145 e. The molecule has 0 aliphatic rings. The predicted octanol–water partition coefficient (Wildman–Crippen LogP) is 3.44. The molecule has 2 unspecified atom stereocenters. The van der Waals surface area contributed by atoms with Crippen molar-refractivity contribution in [2.75, 3.05) is 6.61 Å². The predicted molar refractivity (Wildman–Crippen MR) is 63.9 cm³/mol. The highest BCUT2D eigenvalue weighted by atomic mass is 16.5. The van der Waals surface area contributed by atoms with Crippen molar-refractivity contribution in [2.45, 2.75) is 59.5 Å². The molecule has 0 aliphatic carbocycles. The molecule has 0 spiro atoms. The van der Waals surface area contributed by atoms with Crippen LogP contribution in [-0.4, -0.2) is 19.0 Å². The van der Waals surface area contributed by atoms with Crippen LogP contribution in [0.15, 0.2) is 0 Å². The van der Waals surface area contributed by atoms with Gasteiger partial charge >= 0.3 is 0 Å². The van der Waals surface area contributed by atoms with Crippen LogP contribution in [-0.2, 0) is 9.53 Å². The molecule has 0 fully saturated rings. The molecule has 2 nitrogen and oxygen atoms in total. The van der Waals surface area contributed by atoms with E-state index in [1.807, 2.05) is 6.92 Å². The fourth-order valence-electron chi connectivity index (χ4n) is 1.83. The third-order valence-corrected chi connectivity index (χ3v) is 2.66. The number of hydrogen-bond donors (Lipinski definition) is 0. The van der Waals surface area contributed by atoms with Crippen LogP contribution in [0.4, 0.5) is 0 Å². The zero-order chi connectivity index (χ0) is 11.7. The lowest BCUT2D eigenvalue weighted by atomic mass is 9.95. The highest BCUT2D eigenvalue weighted by Gasteiger charge is 2.09. The van der Waals surface area contributed by atoms with Crippen molar-refractivity contribution in [2.24, 2.45) is 11.8 Å². The van der Waals surface area contributed by atoms with Gasteiger partial charge in [-0.25, -0.2) is 0 Å². The highest BCUT2D eigenvalue weighted by molar-refractivity contribution is 5.50. The minimum Gasteiger partial charge on any atom is -0.371 e. The molecule has 0 aromatic heterocycles. The second kappa shape index (κ2) is 8.90. The number of carbonyl (C=O) groups excluding carboxylic acids is 1. The molecule has 0 N–H and O–H groups in total. The number of rotatable bonds is 9. The Labute approximate surface area is 94.4 Å². The van der Waals surface area contributed by atoms with Crippen molar-refractivity contribution in [3.05, 3.63) is 0 Å². The van der Waals surface area contributed by atoms with Crippen LogP contribution in [0.3, 0.4) is 0 Å². The average molecular weight is 214 g/mol. The molecule has 90 valence electrons. The molecule has 0 bridgehead atoms. The van der Waals surface area contributed by atoms with Gasteiger partial charge in [0.25, 0.3) is 0 Å². The molecule has 0 saturated carbocycles. The summed E-state index contributed by atoms with van der Waals surface area (Å²) in [5, 5.41) is 0. The first-order valence-electron chi connectivity index (χ1n) is 6.11. The van der Waals surface area contributed by atoms with E-state index in [9.17, 15) is 4.79 Å². The fourth-order valence-corrected chi connectivity index (χ4v) is 1.83. The zero-order valence-corrected chi connectivity index (χ0v) is 10.7. The summed E-state index contributed by atoms with van der Waals surface area (Å²) in [4.78, 5) is 10.1. The van der Waals surface area contributed by atoms with E-state index in [1.54, 1.807) is 0 Å². The van der Waals surface area contributed by atoms with Crippen LogP contribution in [0.2, 0.25) is 0 Å². The maximum atomic E-state index is 10.1. The zero-order valence-electron chi connectivity index (χ0n) is 10.7. The second-order valence-corrected chi connectivity index (χ2v) is 4.98. The summed E-state index contributed by atoms with van der Waals surface area (Å²) >= 11 is 0. The first kappa shape index (κ1) is 14.6. The first-order chi connectivity index (χ1) is 7.06. The molecule has 0 aromatic carbocycles. The Bertz CT molecular complexity index is 155. The van der Waals surface area contributed by atoms with E-state index in [2.05, 4.69) is 20.8 Å². The molecule has 2 atom stereocenters. The van der Waals surface area contributed by atoms with Crippen molar-refractivity contribution in [3.63, 3.8) is 0 Å². The van der Waals surface area contributed by atoms with Gasteiger partial charge in [0.05, 0.1) is 6.10 Å². The standard InChI is InChI=1S/C13H26O2/c1-11(2)6-5-7-12(3)10-13(4)15-9-8-14/h8,11-13H,5-7,9-10H2,1-4H3. The Morgan fingerprint density at radius 2 is 1.80 bits per heavy atom. The van der Waals surface area contributed by atoms with E-state index in [4.69, 9.17) is 4.74 Å². The van der Waals surface area contributed by atoms with E-state index in [0.717, 1.165) is 18.6 Å². The Morgan fingerprint density at radius 3 is 2.33 bits per heavy atom. The van der Waals surface area contributed by atoms with Crippen molar-refractivity contribution >= 4 is 6.29 Å². The normalized spacial score (nSPS) is 15.3. The monoisotopic (exact) mass is 214 g/mol. The minimum atomic E-state index is 0.212. The van der Waals surface area contributed by atoms with Gasteiger partial charge in [-0.3, -0.25) is 0 Å². The van der Waals surface area contributed by atoms with E-state index < -0.39 is 0 Å². The molecule has 0 radical (unpaired) electrons. The molecule has 0 rings (SSSR count). The average Bonchev–Trinajstić information content (AvgIpc) is 2.14. The lowest BCUT2D eigenvalue weighted by Crippen LogP contribution is -2.14. The van der Waals surface area contributed by atoms with Gasteiger partial charge in [-0.05, 0) is 25.2 Å². The Morgan fingerprint density at radius 1 is 1.13 bits per heavy atom. The van der Waals surface area contributed by atoms with Gasteiger partial charge in [0.2, 0.25) is 0 Å². The van der Waals surface area contributed by atoms with Crippen molar-refractivity contribution < 1.29 is 9.53 Å². The first-order valence-corrected chi connectivity index (χ1v) is 6.11. The van der Waals surface area contributed by atoms with E-state index in [-0.39, 0.29) is 12.7 Å². The van der Waals surface area contributed by atoms with Crippen molar-refractivity contribution in [3.8, 4) is 0 Å². The molecule has 0 aliphatic heterocycles. The summed E-state index contributed by atoms with van der Waals surface area (Å²) in [5.74, 6) is 1.51. The molecule has 0 aromatic rings. The van der Waals surface area contributed by atoms with Crippen molar-refractivity contribution in [1.29, 1.82) is 0 Å². The molecule has 0 saturated heterocycles. The molecular weight excluding hydrogens is 188 g/mol.